The minimum atomic E-state index is -0.885. The molecule has 0 bridgehead atoms. The molecule has 4 unspecified atom stereocenters. The third kappa shape index (κ3) is 9.25. The number of halogens is 2. The second kappa shape index (κ2) is 21.2. The summed E-state index contributed by atoms with van der Waals surface area (Å²) in [5.41, 5.74) is 7.95. The summed E-state index contributed by atoms with van der Waals surface area (Å²) >= 11 is 12.9. The molecule has 2 heterocycles. The SMILES string of the molecule is COc1nc(OC)c(C(c2ccccc2)C(C(=O)C(c2cccc3ccccc23)C(c2ccccc2)c2cc(-c3ccc(Cl)cc3)c(OC)nc2OC)c2cccc3ccccc23)cc1-c1ccc(Cl)cc1. The van der Waals surface area contributed by atoms with Crippen molar-refractivity contribution in [2.75, 3.05) is 28.4 Å². The lowest BCUT2D eigenvalue weighted by molar-refractivity contribution is -0.122. The zero-order valence-corrected chi connectivity index (χ0v) is 41.6. The molecule has 0 saturated carbocycles. The number of ether oxygens (including phenoxy) is 4. The number of fused-ring (bicyclic) bond motifs is 2. The molecule has 10 aromatic rings. The van der Waals surface area contributed by atoms with Crippen molar-refractivity contribution in [1.82, 2.24) is 9.97 Å². The number of carbonyl (C=O) groups is 1. The van der Waals surface area contributed by atoms with Gasteiger partial charge in [-0.25, -0.2) is 0 Å². The van der Waals surface area contributed by atoms with E-state index in [1.165, 1.54) is 0 Å². The van der Waals surface area contributed by atoms with Crippen LogP contribution in [0, 0.1) is 0 Å². The number of Topliss-reactive ketones (excluding diaryl/α,β-unsaturated/α-hetero) is 1. The zero-order valence-electron chi connectivity index (χ0n) is 40.1. The van der Waals surface area contributed by atoms with E-state index in [1.807, 2.05) is 121 Å². The summed E-state index contributed by atoms with van der Waals surface area (Å²) in [5, 5.41) is 5.07. The lowest BCUT2D eigenvalue weighted by Gasteiger charge is -2.36. The van der Waals surface area contributed by atoms with E-state index >= 15 is 4.79 Å². The van der Waals surface area contributed by atoms with E-state index in [9.17, 15) is 0 Å². The molecule has 9 heteroatoms. The summed E-state index contributed by atoms with van der Waals surface area (Å²) in [7, 11) is 6.40. The molecule has 0 aliphatic rings. The van der Waals surface area contributed by atoms with Crippen LogP contribution in [0.2, 0.25) is 10.0 Å². The smallest absolute Gasteiger partial charge is 0.224 e. The molecule has 0 amide bonds. The van der Waals surface area contributed by atoms with Crippen LogP contribution >= 0.6 is 23.2 Å². The predicted octanol–water partition coefficient (Wildman–Crippen LogP) is 15.6. The van der Waals surface area contributed by atoms with Gasteiger partial charge in [-0.2, -0.15) is 9.97 Å². The van der Waals surface area contributed by atoms with Crippen LogP contribution in [0.3, 0.4) is 0 Å². The number of ketones is 1. The summed E-state index contributed by atoms with van der Waals surface area (Å²) in [6.07, 6.45) is 0. The molecule has 0 saturated heterocycles. The molecule has 4 atom stereocenters. The van der Waals surface area contributed by atoms with E-state index in [0.29, 0.717) is 55.8 Å². The normalized spacial score (nSPS) is 13.0. The lowest BCUT2D eigenvalue weighted by Crippen LogP contribution is -2.31. The van der Waals surface area contributed by atoms with Crippen LogP contribution in [0.1, 0.15) is 57.1 Å². The van der Waals surface area contributed by atoms with Gasteiger partial charge in [-0.15, -0.1) is 0 Å². The fourth-order valence-electron chi connectivity index (χ4n) is 10.4. The van der Waals surface area contributed by atoms with E-state index in [-0.39, 0.29) is 5.78 Å². The maximum Gasteiger partial charge on any atom is 0.224 e. The maximum atomic E-state index is 17.7. The first-order valence-electron chi connectivity index (χ1n) is 23.7. The van der Waals surface area contributed by atoms with Crippen molar-refractivity contribution in [3.05, 3.63) is 250 Å². The van der Waals surface area contributed by atoms with Crippen molar-refractivity contribution in [1.29, 1.82) is 0 Å². The standard InChI is InChI=1S/C63H50Cl2N2O5/c1-69-60-51(41-29-33-45(64)34-30-41)37-53(62(66-60)71-3)55(43-19-7-5-8-20-43)57(49-27-15-23-39-17-11-13-25-47(39)49)59(68)58(50-28-16-24-40-18-12-14-26-48(40)50)56(44-21-9-6-10-22-44)54-38-52(42-31-35-46(65)36-32-42)61(70-2)67-63(54)72-4/h5-38,55-58H,1-4H3. The molecule has 356 valence electrons. The van der Waals surface area contributed by atoms with Gasteiger partial charge in [-0.05, 0) is 91.3 Å². The molecular formula is C63H50Cl2N2O5. The Labute approximate surface area is 429 Å². The van der Waals surface area contributed by atoms with Crippen LogP contribution in [0.15, 0.2) is 206 Å². The van der Waals surface area contributed by atoms with Crippen LogP contribution in [0.4, 0.5) is 0 Å². The van der Waals surface area contributed by atoms with E-state index in [2.05, 4.69) is 84.9 Å². The Balaban J connectivity index is 1.34. The summed E-state index contributed by atoms with van der Waals surface area (Å²) in [6.45, 7) is 0. The average Bonchev–Trinajstić information content (AvgIpc) is 3.43. The summed E-state index contributed by atoms with van der Waals surface area (Å²) in [4.78, 5) is 27.9. The summed E-state index contributed by atoms with van der Waals surface area (Å²) in [6, 6.07) is 68.6. The van der Waals surface area contributed by atoms with Crippen molar-refractivity contribution in [3.63, 3.8) is 0 Å². The second-order valence-electron chi connectivity index (χ2n) is 17.6. The molecule has 0 fully saturated rings. The number of aromatic nitrogens is 2. The molecule has 10 rings (SSSR count). The number of rotatable bonds is 16. The lowest BCUT2D eigenvalue weighted by atomic mass is 9.65. The van der Waals surface area contributed by atoms with Crippen LogP contribution in [-0.2, 0) is 4.79 Å². The highest BCUT2D eigenvalue weighted by Crippen LogP contribution is 2.53. The number of carbonyl (C=O) groups excluding carboxylic acids is 1. The summed E-state index contributed by atoms with van der Waals surface area (Å²) < 4.78 is 24.6. The number of hydrogen-bond acceptors (Lipinski definition) is 7. The predicted molar refractivity (Wildman–Crippen MR) is 291 cm³/mol. The van der Waals surface area contributed by atoms with Crippen LogP contribution in [0.5, 0.6) is 23.5 Å². The number of hydrogen-bond donors (Lipinski definition) is 0. The van der Waals surface area contributed by atoms with Crippen molar-refractivity contribution >= 4 is 50.5 Å². The molecule has 72 heavy (non-hydrogen) atoms. The van der Waals surface area contributed by atoms with Gasteiger partial charge in [0, 0.05) is 44.1 Å². The third-order valence-electron chi connectivity index (χ3n) is 13.6. The van der Waals surface area contributed by atoms with E-state index in [4.69, 9.17) is 52.1 Å². The zero-order chi connectivity index (χ0) is 49.7. The average molecular weight is 986 g/mol. The highest BCUT2D eigenvalue weighted by atomic mass is 35.5. The molecule has 0 N–H and O–H groups in total. The highest BCUT2D eigenvalue weighted by Gasteiger charge is 2.44. The molecule has 0 aliphatic heterocycles. The van der Waals surface area contributed by atoms with E-state index in [1.54, 1.807) is 28.4 Å². The first-order chi connectivity index (χ1) is 35.3. The Morgan fingerprint density at radius 2 is 0.736 bits per heavy atom. The number of pyridine rings is 2. The van der Waals surface area contributed by atoms with Crippen molar-refractivity contribution in [2.45, 2.75) is 23.7 Å². The minimum Gasteiger partial charge on any atom is -0.481 e. The Bertz CT molecular complexity index is 3290. The molecule has 0 aliphatic carbocycles. The molecule has 0 radical (unpaired) electrons. The molecule has 8 aromatic carbocycles. The van der Waals surface area contributed by atoms with Crippen LogP contribution < -0.4 is 18.9 Å². The first kappa shape index (κ1) is 47.7. The van der Waals surface area contributed by atoms with Gasteiger partial charge in [0.2, 0.25) is 23.5 Å². The summed E-state index contributed by atoms with van der Waals surface area (Å²) in [5.74, 6) is -1.80. The van der Waals surface area contributed by atoms with Gasteiger partial charge in [-0.3, -0.25) is 4.79 Å². The maximum absolute atomic E-state index is 17.7. The molecule has 7 nitrogen and oxygen atoms in total. The van der Waals surface area contributed by atoms with Crippen LogP contribution in [-0.4, -0.2) is 44.2 Å². The Hall–Kier alpha value is -7.97. The van der Waals surface area contributed by atoms with Crippen molar-refractivity contribution < 1.29 is 23.7 Å². The molecular weight excluding hydrogens is 936 g/mol. The van der Waals surface area contributed by atoms with Gasteiger partial charge >= 0.3 is 0 Å². The van der Waals surface area contributed by atoms with Gasteiger partial charge in [-0.1, -0.05) is 193 Å². The number of nitrogens with zero attached hydrogens (tertiary/aromatic N) is 2. The number of benzene rings is 8. The number of methoxy groups -OCH3 is 4. The fourth-order valence-corrected chi connectivity index (χ4v) is 10.7. The fraction of sp³-hybridized carbons (Fsp3) is 0.127. The van der Waals surface area contributed by atoms with Crippen molar-refractivity contribution in [2.24, 2.45) is 0 Å². The highest BCUT2D eigenvalue weighted by molar-refractivity contribution is 6.31. The topological polar surface area (TPSA) is 79.8 Å². The largest absolute Gasteiger partial charge is 0.481 e. The van der Waals surface area contributed by atoms with Gasteiger partial charge in [0.1, 0.15) is 5.78 Å². The van der Waals surface area contributed by atoms with E-state index in [0.717, 1.165) is 54.9 Å². The third-order valence-corrected chi connectivity index (χ3v) is 14.1. The Morgan fingerprint density at radius 3 is 1.11 bits per heavy atom. The van der Waals surface area contributed by atoms with Gasteiger partial charge < -0.3 is 18.9 Å². The first-order valence-corrected chi connectivity index (χ1v) is 24.4. The Morgan fingerprint density at radius 1 is 0.389 bits per heavy atom. The molecule has 0 spiro atoms. The van der Waals surface area contributed by atoms with Gasteiger partial charge in [0.25, 0.3) is 0 Å². The monoisotopic (exact) mass is 984 g/mol. The Kier molecular flexibility index (Phi) is 14.0. The minimum absolute atomic E-state index is 0.0535. The van der Waals surface area contributed by atoms with Gasteiger partial charge in [0.15, 0.2) is 0 Å². The van der Waals surface area contributed by atoms with E-state index < -0.39 is 23.7 Å². The van der Waals surface area contributed by atoms with Gasteiger partial charge in [0.05, 0.1) is 40.3 Å². The van der Waals surface area contributed by atoms with Crippen molar-refractivity contribution in [3.8, 4) is 45.8 Å². The quantitative estimate of drug-likeness (QED) is 0.0954. The van der Waals surface area contributed by atoms with Crippen LogP contribution in [0.25, 0.3) is 43.8 Å². The molecule has 2 aromatic heterocycles. The second-order valence-corrected chi connectivity index (χ2v) is 18.4.